The van der Waals surface area contributed by atoms with Crippen molar-refractivity contribution >= 4 is 23.5 Å². The molecular formula is C8H8N4O3. The number of H-pyrrole nitrogens is 1. The van der Waals surface area contributed by atoms with Crippen molar-refractivity contribution in [3.8, 4) is 0 Å². The maximum absolute atomic E-state index is 11.4. The van der Waals surface area contributed by atoms with E-state index < -0.39 is 5.91 Å². The lowest BCUT2D eigenvalue weighted by Gasteiger charge is -2.10. The van der Waals surface area contributed by atoms with Crippen LogP contribution in [-0.2, 0) is 9.59 Å². The molecule has 0 atom stereocenters. The largest absolute Gasteiger partial charge is 0.364 e. The highest BCUT2D eigenvalue weighted by molar-refractivity contribution is 6.21. The molecule has 0 unspecified atom stereocenters. The first-order valence-electron chi connectivity index (χ1n) is 4.30. The predicted molar refractivity (Wildman–Crippen MR) is 48.8 cm³/mol. The lowest BCUT2D eigenvalue weighted by Crippen LogP contribution is -2.31. The number of anilines is 1. The number of primary amides is 1. The van der Waals surface area contributed by atoms with Crippen LogP contribution in [0, 0.1) is 0 Å². The summed E-state index contributed by atoms with van der Waals surface area (Å²) in [6.07, 6.45) is 1.50. The number of carbonyl (C=O) groups is 3. The molecule has 1 aromatic rings. The van der Waals surface area contributed by atoms with Crippen molar-refractivity contribution in [1.29, 1.82) is 0 Å². The summed E-state index contributed by atoms with van der Waals surface area (Å²) >= 11 is 0. The second-order valence-electron chi connectivity index (χ2n) is 3.09. The maximum atomic E-state index is 11.4. The number of nitrogens with two attached hydrogens (primary N) is 1. The Morgan fingerprint density at radius 1 is 1.40 bits per heavy atom. The molecule has 15 heavy (non-hydrogen) atoms. The second kappa shape index (κ2) is 3.19. The minimum atomic E-state index is -0.755. The van der Waals surface area contributed by atoms with Crippen LogP contribution in [0.15, 0.2) is 6.33 Å². The van der Waals surface area contributed by atoms with Gasteiger partial charge in [0.15, 0.2) is 5.82 Å². The smallest absolute Gasteiger partial charge is 0.269 e. The molecular weight excluding hydrogens is 200 g/mol. The van der Waals surface area contributed by atoms with E-state index in [2.05, 4.69) is 9.97 Å². The van der Waals surface area contributed by atoms with Crippen LogP contribution in [0.3, 0.4) is 0 Å². The summed E-state index contributed by atoms with van der Waals surface area (Å²) in [6.45, 7) is 0. The third-order valence-corrected chi connectivity index (χ3v) is 2.13. The highest BCUT2D eigenvalue weighted by Gasteiger charge is 2.34. The molecule has 3 amide bonds. The Kier molecular flexibility index (Phi) is 2.00. The summed E-state index contributed by atoms with van der Waals surface area (Å²) in [4.78, 5) is 40.8. The van der Waals surface area contributed by atoms with Crippen LogP contribution < -0.4 is 10.6 Å². The normalized spacial score (nSPS) is 16.1. The Hall–Kier alpha value is -2.18. The molecule has 0 aromatic carbocycles. The highest BCUT2D eigenvalue weighted by Crippen LogP contribution is 2.22. The number of nitrogens with zero attached hydrogens (tertiary/aromatic N) is 2. The number of imide groups is 1. The van der Waals surface area contributed by atoms with Gasteiger partial charge in [-0.15, -0.1) is 0 Å². The number of hydrogen-bond acceptors (Lipinski definition) is 4. The molecule has 2 rings (SSSR count). The Labute approximate surface area is 84.3 Å². The summed E-state index contributed by atoms with van der Waals surface area (Å²) in [5.41, 5.74) is 5.03. The van der Waals surface area contributed by atoms with Crippen LogP contribution in [0.25, 0.3) is 0 Å². The third kappa shape index (κ3) is 1.37. The van der Waals surface area contributed by atoms with Crippen LogP contribution in [0.5, 0.6) is 0 Å². The van der Waals surface area contributed by atoms with E-state index in [1.807, 2.05) is 0 Å². The van der Waals surface area contributed by atoms with E-state index in [1.54, 1.807) is 0 Å². The molecule has 1 fully saturated rings. The molecule has 0 aliphatic carbocycles. The molecule has 78 valence electrons. The van der Waals surface area contributed by atoms with Crippen LogP contribution >= 0.6 is 0 Å². The van der Waals surface area contributed by atoms with Crippen molar-refractivity contribution in [2.45, 2.75) is 12.8 Å². The molecule has 1 aliphatic heterocycles. The molecule has 3 N–H and O–H groups in total. The van der Waals surface area contributed by atoms with Crippen LogP contribution in [0.1, 0.15) is 23.3 Å². The van der Waals surface area contributed by atoms with E-state index in [-0.39, 0.29) is 36.2 Å². The molecule has 0 radical (unpaired) electrons. The van der Waals surface area contributed by atoms with Gasteiger partial charge in [-0.1, -0.05) is 0 Å². The fraction of sp³-hybridized carbons (Fsp3) is 0.250. The van der Waals surface area contributed by atoms with Gasteiger partial charge in [0.05, 0.1) is 6.33 Å². The zero-order valence-electron chi connectivity index (χ0n) is 7.69. The average Bonchev–Trinajstić information content (AvgIpc) is 2.73. The first-order valence-corrected chi connectivity index (χ1v) is 4.30. The van der Waals surface area contributed by atoms with Gasteiger partial charge in [-0.25, -0.2) is 9.88 Å². The van der Waals surface area contributed by atoms with Gasteiger partial charge in [-0.3, -0.25) is 14.4 Å². The summed E-state index contributed by atoms with van der Waals surface area (Å²) in [6, 6.07) is 0. The Bertz CT molecular complexity index is 434. The van der Waals surface area contributed by atoms with Crippen LogP contribution in [0.4, 0.5) is 5.82 Å². The number of aromatic nitrogens is 2. The number of aromatic amines is 1. The molecule has 0 bridgehead atoms. The van der Waals surface area contributed by atoms with E-state index in [0.29, 0.717) is 0 Å². The summed E-state index contributed by atoms with van der Waals surface area (Å²) < 4.78 is 0. The van der Waals surface area contributed by atoms with Gasteiger partial charge in [-0.05, 0) is 0 Å². The number of nitrogens with one attached hydrogen (secondary N) is 1. The Morgan fingerprint density at radius 3 is 2.53 bits per heavy atom. The topological polar surface area (TPSA) is 109 Å². The fourth-order valence-electron chi connectivity index (χ4n) is 1.45. The molecule has 1 saturated heterocycles. The zero-order chi connectivity index (χ0) is 11.0. The first kappa shape index (κ1) is 9.38. The van der Waals surface area contributed by atoms with E-state index in [0.717, 1.165) is 4.90 Å². The van der Waals surface area contributed by atoms with Gasteiger partial charge in [-0.2, -0.15) is 0 Å². The number of imidazole rings is 1. The van der Waals surface area contributed by atoms with Gasteiger partial charge < -0.3 is 10.7 Å². The van der Waals surface area contributed by atoms with Crippen molar-refractivity contribution in [2.75, 3.05) is 4.90 Å². The minimum absolute atomic E-state index is 0.00463. The number of hydrogen-bond donors (Lipinski definition) is 2. The fourth-order valence-corrected chi connectivity index (χ4v) is 1.45. The number of carbonyl (C=O) groups excluding carboxylic acids is 3. The minimum Gasteiger partial charge on any atom is -0.364 e. The van der Waals surface area contributed by atoms with Crippen molar-refractivity contribution in [2.24, 2.45) is 5.73 Å². The van der Waals surface area contributed by atoms with Crippen LogP contribution in [0.2, 0.25) is 0 Å². The molecule has 7 nitrogen and oxygen atoms in total. The van der Waals surface area contributed by atoms with Crippen molar-refractivity contribution in [3.63, 3.8) is 0 Å². The quantitative estimate of drug-likeness (QED) is 0.617. The van der Waals surface area contributed by atoms with Crippen molar-refractivity contribution in [3.05, 3.63) is 12.0 Å². The summed E-state index contributed by atoms with van der Waals surface area (Å²) in [7, 11) is 0. The third-order valence-electron chi connectivity index (χ3n) is 2.13. The first-order chi connectivity index (χ1) is 7.11. The lowest BCUT2D eigenvalue weighted by atomic mass is 10.4. The Balaban J connectivity index is 2.45. The SMILES string of the molecule is NC(=O)c1[nH]cnc1N1C(=O)CCC1=O. The van der Waals surface area contributed by atoms with Crippen LogP contribution in [-0.4, -0.2) is 27.7 Å². The second-order valence-corrected chi connectivity index (χ2v) is 3.09. The van der Waals surface area contributed by atoms with Gasteiger partial charge >= 0.3 is 0 Å². The molecule has 0 spiro atoms. The number of amides is 3. The maximum Gasteiger partial charge on any atom is 0.269 e. The molecule has 1 aliphatic rings. The van der Waals surface area contributed by atoms with E-state index >= 15 is 0 Å². The highest BCUT2D eigenvalue weighted by atomic mass is 16.2. The van der Waals surface area contributed by atoms with Gasteiger partial charge in [0.1, 0.15) is 5.69 Å². The number of rotatable bonds is 2. The van der Waals surface area contributed by atoms with E-state index in [9.17, 15) is 14.4 Å². The van der Waals surface area contributed by atoms with Gasteiger partial charge in [0.2, 0.25) is 11.8 Å². The molecule has 7 heteroatoms. The molecule has 2 heterocycles. The zero-order valence-corrected chi connectivity index (χ0v) is 7.69. The van der Waals surface area contributed by atoms with E-state index in [4.69, 9.17) is 5.73 Å². The van der Waals surface area contributed by atoms with E-state index in [1.165, 1.54) is 6.33 Å². The van der Waals surface area contributed by atoms with Gasteiger partial charge in [0, 0.05) is 12.8 Å². The standard InChI is InChI=1S/C8H8N4O3/c9-7(15)6-8(11-3-10-6)12-4(13)1-2-5(12)14/h3H,1-2H2,(H2,9,15)(H,10,11). The summed E-state index contributed by atoms with van der Waals surface area (Å²) in [5, 5.41) is 0. The lowest BCUT2D eigenvalue weighted by molar-refractivity contribution is -0.121. The van der Waals surface area contributed by atoms with Crippen molar-refractivity contribution < 1.29 is 14.4 Å². The molecule has 1 aromatic heterocycles. The molecule has 0 saturated carbocycles. The summed E-state index contributed by atoms with van der Waals surface area (Å²) in [5.74, 6) is -1.49. The Morgan fingerprint density at radius 2 is 2.00 bits per heavy atom. The average molecular weight is 208 g/mol. The van der Waals surface area contributed by atoms with Gasteiger partial charge in [0.25, 0.3) is 5.91 Å². The van der Waals surface area contributed by atoms with Crippen molar-refractivity contribution in [1.82, 2.24) is 9.97 Å². The monoisotopic (exact) mass is 208 g/mol. The predicted octanol–water partition coefficient (Wildman–Crippen LogP) is -0.838.